The first kappa shape index (κ1) is 9.13. The van der Waals surface area contributed by atoms with Crippen molar-refractivity contribution in [3.63, 3.8) is 0 Å². The van der Waals surface area contributed by atoms with E-state index in [1.165, 1.54) is 0 Å². The van der Waals surface area contributed by atoms with Crippen LogP contribution >= 0.6 is 0 Å². The van der Waals surface area contributed by atoms with Crippen molar-refractivity contribution >= 4 is 6.29 Å². The summed E-state index contributed by atoms with van der Waals surface area (Å²) in [5.41, 5.74) is 0. The zero-order valence-corrected chi connectivity index (χ0v) is 5.43. The Morgan fingerprint density at radius 1 is 1.40 bits per heavy atom. The number of ether oxygens (including phenoxy) is 1. The summed E-state index contributed by atoms with van der Waals surface area (Å²) < 4.78 is 4.67. The lowest BCUT2D eigenvalue weighted by atomic mass is 10.4. The van der Waals surface area contributed by atoms with Crippen LogP contribution < -0.4 is 0 Å². The van der Waals surface area contributed by atoms with E-state index in [9.17, 15) is 4.79 Å². The molecule has 0 aromatic rings. The molecular weight excluding hydrogens is 136 g/mol. The Balaban J connectivity index is 3.43. The number of hydrogen-bond acceptors (Lipinski definition) is 4. The van der Waals surface area contributed by atoms with Crippen molar-refractivity contribution in [3.05, 3.63) is 12.3 Å². The second-order valence-corrected chi connectivity index (χ2v) is 1.59. The van der Waals surface area contributed by atoms with Crippen LogP contribution in [-0.2, 0) is 9.53 Å². The van der Waals surface area contributed by atoms with E-state index in [1.807, 2.05) is 0 Å². The normalized spacial score (nSPS) is 10.7. The summed E-state index contributed by atoms with van der Waals surface area (Å²) in [5.74, 6) is 0. The molecule has 0 heterocycles. The fourth-order valence-corrected chi connectivity index (χ4v) is 0.332. The third-order valence-corrected chi connectivity index (χ3v) is 0.835. The Bertz CT molecular complexity index is 106. The molecule has 0 spiro atoms. The fourth-order valence-electron chi connectivity index (χ4n) is 0.332. The summed E-state index contributed by atoms with van der Waals surface area (Å²) in [6, 6.07) is 0. The molecule has 0 saturated heterocycles. The zero-order chi connectivity index (χ0) is 7.82. The Morgan fingerprint density at radius 2 is 2.00 bits per heavy atom. The van der Waals surface area contributed by atoms with Crippen LogP contribution in [0.5, 0.6) is 0 Å². The van der Waals surface area contributed by atoms with Crippen LogP contribution in [0.4, 0.5) is 0 Å². The SMILES string of the molecule is O=CC=COC(CO)CO. The minimum absolute atomic E-state index is 0.264. The number of aldehydes is 1. The van der Waals surface area contributed by atoms with E-state index < -0.39 is 6.10 Å². The number of aliphatic hydroxyl groups is 2. The fraction of sp³-hybridized carbons (Fsp3) is 0.500. The first-order chi connectivity index (χ1) is 4.85. The van der Waals surface area contributed by atoms with Gasteiger partial charge in [-0.3, -0.25) is 4.79 Å². The maximum absolute atomic E-state index is 9.67. The Kier molecular flexibility index (Phi) is 5.71. The van der Waals surface area contributed by atoms with E-state index in [-0.39, 0.29) is 13.2 Å². The lowest BCUT2D eigenvalue weighted by Crippen LogP contribution is -2.19. The summed E-state index contributed by atoms with van der Waals surface area (Å²) in [6.07, 6.45) is 2.19. The largest absolute Gasteiger partial charge is 0.493 e. The molecule has 0 rings (SSSR count). The molecule has 0 atom stereocenters. The van der Waals surface area contributed by atoms with Gasteiger partial charge in [-0.2, -0.15) is 0 Å². The summed E-state index contributed by atoms with van der Waals surface area (Å²) in [4.78, 5) is 9.67. The van der Waals surface area contributed by atoms with E-state index in [2.05, 4.69) is 4.74 Å². The monoisotopic (exact) mass is 146 g/mol. The van der Waals surface area contributed by atoms with E-state index in [1.54, 1.807) is 0 Å². The Morgan fingerprint density at radius 3 is 2.40 bits per heavy atom. The maximum atomic E-state index is 9.67. The zero-order valence-electron chi connectivity index (χ0n) is 5.43. The topological polar surface area (TPSA) is 66.8 Å². The van der Waals surface area contributed by atoms with Crippen LogP contribution in [0, 0.1) is 0 Å². The standard InChI is InChI=1S/C6H10O4/c7-2-1-3-10-6(4-8)5-9/h1-3,6,8-9H,4-5H2. The number of carbonyl (C=O) groups is 1. The van der Waals surface area contributed by atoms with Gasteiger partial charge >= 0.3 is 0 Å². The van der Waals surface area contributed by atoms with Gasteiger partial charge in [0.15, 0.2) is 0 Å². The van der Waals surface area contributed by atoms with Crippen molar-refractivity contribution in [3.8, 4) is 0 Å². The molecule has 0 aromatic carbocycles. The minimum atomic E-state index is -0.629. The van der Waals surface area contributed by atoms with Crippen molar-refractivity contribution in [1.82, 2.24) is 0 Å². The molecule has 10 heavy (non-hydrogen) atoms. The molecule has 4 heteroatoms. The average molecular weight is 146 g/mol. The van der Waals surface area contributed by atoms with E-state index in [0.29, 0.717) is 6.29 Å². The third-order valence-electron chi connectivity index (χ3n) is 0.835. The van der Waals surface area contributed by atoms with Gasteiger partial charge in [0.25, 0.3) is 0 Å². The summed E-state index contributed by atoms with van der Waals surface area (Å²) in [6.45, 7) is -0.528. The van der Waals surface area contributed by atoms with Crippen LogP contribution in [-0.4, -0.2) is 35.8 Å². The second kappa shape index (κ2) is 6.25. The molecule has 4 nitrogen and oxygen atoms in total. The number of rotatable bonds is 5. The summed E-state index contributed by atoms with van der Waals surface area (Å²) >= 11 is 0. The molecule has 0 aromatic heterocycles. The lowest BCUT2D eigenvalue weighted by molar-refractivity contribution is -0.104. The highest BCUT2D eigenvalue weighted by Gasteiger charge is 2.01. The van der Waals surface area contributed by atoms with Crippen LogP contribution in [0.1, 0.15) is 0 Å². The minimum Gasteiger partial charge on any atom is -0.493 e. The van der Waals surface area contributed by atoms with Gasteiger partial charge < -0.3 is 14.9 Å². The predicted octanol–water partition coefficient (Wildman–Crippen LogP) is -0.931. The van der Waals surface area contributed by atoms with Crippen molar-refractivity contribution in [2.24, 2.45) is 0 Å². The first-order valence-corrected chi connectivity index (χ1v) is 2.82. The Hall–Kier alpha value is -0.870. The van der Waals surface area contributed by atoms with Crippen molar-refractivity contribution < 1.29 is 19.7 Å². The van der Waals surface area contributed by atoms with Crippen molar-refractivity contribution in [2.75, 3.05) is 13.2 Å². The molecule has 0 aliphatic heterocycles. The highest BCUT2D eigenvalue weighted by molar-refractivity contribution is 5.64. The maximum Gasteiger partial charge on any atom is 0.145 e. The Labute approximate surface area is 58.7 Å². The molecule has 0 amide bonds. The molecule has 0 fully saturated rings. The molecule has 0 unspecified atom stereocenters. The third kappa shape index (κ3) is 4.05. The van der Waals surface area contributed by atoms with E-state index >= 15 is 0 Å². The molecular formula is C6H10O4. The number of hydrogen-bond donors (Lipinski definition) is 2. The number of aliphatic hydroxyl groups excluding tert-OH is 2. The van der Waals surface area contributed by atoms with Gasteiger partial charge in [0.1, 0.15) is 12.4 Å². The molecule has 0 radical (unpaired) electrons. The number of allylic oxidation sites excluding steroid dienone is 1. The van der Waals surface area contributed by atoms with Crippen LogP contribution in [0.15, 0.2) is 12.3 Å². The van der Waals surface area contributed by atoms with Gasteiger partial charge in [0.05, 0.1) is 19.5 Å². The molecule has 0 aliphatic carbocycles. The van der Waals surface area contributed by atoms with Gasteiger partial charge in [0, 0.05) is 6.08 Å². The van der Waals surface area contributed by atoms with Gasteiger partial charge in [-0.1, -0.05) is 0 Å². The summed E-state index contributed by atoms with van der Waals surface area (Å²) in [7, 11) is 0. The molecule has 58 valence electrons. The van der Waals surface area contributed by atoms with Crippen LogP contribution in [0.3, 0.4) is 0 Å². The molecule has 0 bridgehead atoms. The predicted molar refractivity (Wildman–Crippen MR) is 34.2 cm³/mol. The van der Waals surface area contributed by atoms with Gasteiger partial charge in [-0.25, -0.2) is 0 Å². The van der Waals surface area contributed by atoms with Gasteiger partial charge in [-0.15, -0.1) is 0 Å². The second-order valence-electron chi connectivity index (χ2n) is 1.59. The number of carbonyl (C=O) groups excluding carboxylic acids is 1. The highest BCUT2D eigenvalue weighted by Crippen LogP contribution is 1.88. The van der Waals surface area contributed by atoms with Crippen molar-refractivity contribution in [2.45, 2.75) is 6.10 Å². The molecule has 0 saturated carbocycles. The van der Waals surface area contributed by atoms with Gasteiger partial charge in [0.2, 0.25) is 0 Å². The van der Waals surface area contributed by atoms with Crippen molar-refractivity contribution in [1.29, 1.82) is 0 Å². The summed E-state index contributed by atoms with van der Waals surface area (Å²) in [5, 5.41) is 16.8. The lowest BCUT2D eigenvalue weighted by Gasteiger charge is -2.08. The smallest absolute Gasteiger partial charge is 0.145 e. The van der Waals surface area contributed by atoms with Gasteiger partial charge in [-0.05, 0) is 0 Å². The van der Waals surface area contributed by atoms with E-state index in [0.717, 1.165) is 12.3 Å². The highest BCUT2D eigenvalue weighted by atomic mass is 16.5. The van der Waals surface area contributed by atoms with Crippen LogP contribution in [0.25, 0.3) is 0 Å². The van der Waals surface area contributed by atoms with E-state index in [4.69, 9.17) is 10.2 Å². The quantitative estimate of drug-likeness (QED) is 0.299. The molecule has 2 N–H and O–H groups in total. The van der Waals surface area contributed by atoms with Crippen LogP contribution in [0.2, 0.25) is 0 Å². The molecule has 0 aliphatic rings. The average Bonchev–Trinajstić information content (AvgIpc) is 1.99. The first-order valence-electron chi connectivity index (χ1n) is 2.82.